The van der Waals surface area contributed by atoms with E-state index in [0.29, 0.717) is 21.8 Å². The number of anilines is 2. The molecule has 1 heterocycles. The molecule has 0 atom stereocenters. The third kappa shape index (κ3) is 3.00. The van der Waals surface area contributed by atoms with E-state index in [1.54, 1.807) is 29.6 Å². The van der Waals surface area contributed by atoms with Crippen molar-refractivity contribution < 1.29 is 14.3 Å². The second-order valence-electron chi connectivity index (χ2n) is 3.85. The molecule has 2 rings (SSSR count). The Labute approximate surface area is 127 Å². The van der Waals surface area contributed by atoms with Crippen LogP contribution in [0.5, 0.6) is 0 Å². The molecule has 0 aliphatic rings. The summed E-state index contributed by atoms with van der Waals surface area (Å²) < 4.78 is 5.37. The Kier molecular flexibility index (Phi) is 4.41. The summed E-state index contributed by atoms with van der Waals surface area (Å²) in [5.74, 6) is -0.821. The van der Waals surface area contributed by atoms with Crippen LogP contribution in [0.1, 0.15) is 20.0 Å². The summed E-state index contributed by atoms with van der Waals surface area (Å²) in [5.41, 5.74) is 7.04. The van der Waals surface area contributed by atoms with Crippen molar-refractivity contribution in [2.45, 2.75) is 0 Å². The standard InChI is InChI=1S/C13H11BrN2O3S/c1-19-13(18)11-10(4-5-20-11)16-12(17)7-2-3-8(14)9(15)6-7/h2-6H,15H2,1H3,(H,16,17). The number of amides is 1. The lowest BCUT2D eigenvalue weighted by atomic mass is 10.2. The van der Waals surface area contributed by atoms with E-state index < -0.39 is 5.97 Å². The molecule has 5 nitrogen and oxygen atoms in total. The number of nitrogens with one attached hydrogen (secondary N) is 1. The van der Waals surface area contributed by atoms with Crippen molar-refractivity contribution in [3.05, 3.63) is 44.6 Å². The predicted molar refractivity (Wildman–Crippen MR) is 82.2 cm³/mol. The van der Waals surface area contributed by atoms with Gasteiger partial charge in [-0.05, 0) is 45.6 Å². The van der Waals surface area contributed by atoms with E-state index in [0.717, 1.165) is 4.47 Å². The number of carbonyl (C=O) groups excluding carboxylic acids is 2. The topological polar surface area (TPSA) is 81.4 Å². The van der Waals surface area contributed by atoms with Gasteiger partial charge in [0.15, 0.2) is 0 Å². The molecule has 7 heteroatoms. The number of benzene rings is 1. The third-order valence-corrected chi connectivity index (χ3v) is 4.16. The lowest BCUT2D eigenvalue weighted by molar-refractivity contribution is 0.0607. The van der Waals surface area contributed by atoms with E-state index in [9.17, 15) is 9.59 Å². The maximum Gasteiger partial charge on any atom is 0.350 e. The number of thiophene rings is 1. The summed E-state index contributed by atoms with van der Waals surface area (Å²) in [6.45, 7) is 0. The molecule has 2 aromatic rings. The summed E-state index contributed by atoms with van der Waals surface area (Å²) >= 11 is 4.47. The molecule has 1 aromatic carbocycles. The molecule has 20 heavy (non-hydrogen) atoms. The van der Waals surface area contributed by atoms with Gasteiger partial charge in [0.25, 0.3) is 5.91 Å². The Hall–Kier alpha value is -1.86. The highest BCUT2D eigenvalue weighted by atomic mass is 79.9. The van der Waals surface area contributed by atoms with E-state index in [1.165, 1.54) is 18.4 Å². The second kappa shape index (κ2) is 6.06. The molecule has 0 aliphatic carbocycles. The molecule has 0 fully saturated rings. The van der Waals surface area contributed by atoms with Crippen LogP contribution in [0.3, 0.4) is 0 Å². The van der Waals surface area contributed by atoms with Crippen molar-refractivity contribution in [2.75, 3.05) is 18.2 Å². The number of nitrogen functional groups attached to an aromatic ring is 1. The second-order valence-corrected chi connectivity index (χ2v) is 5.62. The summed E-state index contributed by atoms with van der Waals surface area (Å²) in [4.78, 5) is 24.0. The molecule has 3 N–H and O–H groups in total. The lowest BCUT2D eigenvalue weighted by Crippen LogP contribution is -2.14. The number of esters is 1. The van der Waals surface area contributed by atoms with E-state index in [2.05, 4.69) is 26.0 Å². The van der Waals surface area contributed by atoms with Crippen molar-refractivity contribution in [3.63, 3.8) is 0 Å². The number of nitrogens with two attached hydrogens (primary N) is 1. The van der Waals surface area contributed by atoms with Gasteiger partial charge in [0.1, 0.15) is 4.88 Å². The van der Waals surface area contributed by atoms with Gasteiger partial charge in [0.2, 0.25) is 0 Å². The highest BCUT2D eigenvalue weighted by molar-refractivity contribution is 9.10. The van der Waals surface area contributed by atoms with Gasteiger partial charge in [-0.15, -0.1) is 11.3 Å². The average molecular weight is 355 g/mol. The van der Waals surface area contributed by atoms with Gasteiger partial charge in [-0.3, -0.25) is 4.79 Å². The van der Waals surface area contributed by atoms with Crippen LogP contribution >= 0.6 is 27.3 Å². The molecular formula is C13H11BrN2O3S. The van der Waals surface area contributed by atoms with Crippen molar-refractivity contribution in [3.8, 4) is 0 Å². The van der Waals surface area contributed by atoms with Crippen LogP contribution in [0, 0.1) is 0 Å². The Morgan fingerprint density at radius 2 is 2.10 bits per heavy atom. The molecule has 0 saturated carbocycles. The van der Waals surface area contributed by atoms with E-state index in [1.807, 2.05) is 0 Å². The van der Waals surface area contributed by atoms with Crippen LogP contribution in [0.4, 0.5) is 11.4 Å². The first-order valence-corrected chi connectivity index (χ1v) is 7.22. The molecule has 0 radical (unpaired) electrons. The number of methoxy groups -OCH3 is 1. The van der Waals surface area contributed by atoms with Gasteiger partial charge in [-0.25, -0.2) is 4.79 Å². The van der Waals surface area contributed by atoms with Crippen LogP contribution in [0.25, 0.3) is 0 Å². The molecule has 0 bridgehead atoms. The predicted octanol–water partition coefficient (Wildman–Crippen LogP) is 3.13. The minimum absolute atomic E-state index is 0.340. The van der Waals surface area contributed by atoms with Crippen LogP contribution in [-0.2, 0) is 4.74 Å². The first-order chi connectivity index (χ1) is 9.52. The smallest absolute Gasteiger partial charge is 0.350 e. The third-order valence-electron chi connectivity index (χ3n) is 2.54. The monoisotopic (exact) mass is 354 g/mol. The summed E-state index contributed by atoms with van der Waals surface area (Å²) in [7, 11) is 1.29. The molecule has 0 unspecified atom stereocenters. The molecule has 1 aromatic heterocycles. The lowest BCUT2D eigenvalue weighted by Gasteiger charge is -2.07. The Morgan fingerprint density at radius 3 is 2.75 bits per heavy atom. The van der Waals surface area contributed by atoms with Crippen molar-refractivity contribution in [1.82, 2.24) is 0 Å². The van der Waals surface area contributed by atoms with Gasteiger partial charge in [0, 0.05) is 15.7 Å². The van der Waals surface area contributed by atoms with Gasteiger partial charge >= 0.3 is 5.97 Å². The van der Waals surface area contributed by atoms with E-state index >= 15 is 0 Å². The van der Waals surface area contributed by atoms with Crippen LogP contribution in [0.2, 0.25) is 0 Å². The maximum absolute atomic E-state index is 12.1. The zero-order valence-electron chi connectivity index (χ0n) is 10.5. The highest BCUT2D eigenvalue weighted by Gasteiger charge is 2.16. The zero-order chi connectivity index (χ0) is 14.7. The van der Waals surface area contributed by atoms with Gasteiger partial charge < -0.3 is 15.8 Å². The fourth-order valence-electron chi connectivity index (χ4n) is 1.54. The number of rotatable bonds is 3. The van der Waals surface area contributed by atoms with E-state index in [4.69, 9.17) is 5.73 Å². The summed E-state index contributed by atoms with van der Waals surface area (Å²) in [5, 5.41) is 4.37. The number of hydrogen-bond acceptors (Lipinski definition) is 5. The number of halogens is 1. The highest BCUT2D eigenvalue weighted by Crippen LogP contribution is 2.25. The molecule has 0 spiro atoms. The van der Waals surface area contributed by atoms with Crippen LogP contribution < -0.4 is 11.1 Å². The minimum Gasteiger partial charge on any atom is -0.465 e. The first-order valence-electron chi connectivity index (χ1n) is 5.55. The number of hydrogen-bond donors (Lipinski definition) is 2. The quantitative estimate of drug-likeness (QED) is 0.655. The minimum atomic E-state index is -0.481. The van der Waals surface area contributed by atoms with Crippen LogP contribution in [0.15, 0.2) is 34.1 Å². The normalized spacial score (nSPS) is 10.1. The van der Waals surface area contributed by atoms with Crippen LogP contribution in [-0.4, -0.2) is 19.0 Å². The van der Waals surface area contributed by atoms with Gasteiger partial charge in [0.05, 0.1) is 12.8 Å². The summed E-state index contributed by atoms with van der Waals surface area (Å²) in [6.07, 6.45) is 0. The Morgan fingerprint density at radius 1 is 1.35 bits per heavy atom. The SMILES string of the molecule is COC(=O)c1sccc1NC(=O)c1ccc(Br)c(N)c1. The molecule has 0 saturated heterocycles. The van der Waals surface area contributed by atoms with E-state index in [-0.39, 0.29) is 5.91 Å². The molecular weight excluding hydrogens is 344 g/mol. The van der Waals surface area contributed by atoms with Crippen molar-refractivity contribution >= 4 is 50.5 Å². The molecule has 0 aliphatic heterocycles. The maximum atomic E-state index is 12.1. The van der Waals surface area contributed by atoms with Gasteiger partial charge in [-0.2, -0.15) is 0 Å². The van der Waals surface area contributed by atoms with Crippen molar-refractivity contribution in [2.24, 2.45) is 0 Å². The zero-order valence-corrected chi connectivity index (χ0v) is 12.9. The Balaban J connectivity index is 2.22. The molecule has 1 amide bonds. The number of carbonyl (C=O) groups is 2. The number of ether oxygens (including phenoxy) is 1. The Bertz CT molecular complexity index is 669. The summed E-state index contributed by atoms with van der Waals surface area (Å²) in [6, 6.07) is 6.54. The molecule has 104 valence electrons. The largest absolute Gasteiger partial charge is 0.465 e. The fraction of sp³-hybridized carbons (Fsp3) is 0.0769. The van der Waals surface area contributed by atoms with Gasteiger partial charge in [-0.1, -0.05) is 0 Å². The fourth-order valence-corrected chi connectivity index (χ4v) is 2.55. The first kappa shape index (κ1) is 14.5. The van der Waals surface area contributed by atoms with Crippen molar-refractivity contribution in [1.29, 1.82) is 0 Å². The average Bonchev–Trinajstić information content (AvgIpc) is 2.89.